The zero-order valence-corrected chi connectivity index (χ0v) is 11.8. The first-order valence-electron chi connectivity index (χ1n) is 6.92. The van der Waals surface area contributed by atoms with Gasteiger partial charge in [0.05, 0.1) is 6.04 Å². The van der Waals surface area contributed by atoms with Crippen LogP contribution in [0.2, 0.25) is 0 Å². The summed E-state index contributed by atoms with van der Waals surface area (Å²) in [5, 5.41) is 0. The topological polar surface area (TPSA) is 47.3 Å². The molecule has 3 nitrogen and oxygen atoms in total. The minimum atomic E-state index is 0.120. The molecule has 1 aliphatic heterocycles. The quantitative estimate of drug-likeness (QED) is 0.506. The van der Waals surface area contributed by atoms with E-state index in [9.17, 15) is 0 Å². The molecule has 0 saturated carbocycles. The third kappa shape index (κ3) is 2.81. The highest BCUT2D eigenvalue weighted by Gasteiger charge is 2.30. The second-order valence-corrected chi connectivity index (χ2v) is 6.15. The Labute approximate surface area is 118 Å². The molecule has 0 aromatic heterocycles. The van der Waals surface area contributed by atoms with Crippen molar-refractivity contribution in [3.05, 3.63) is 35.9 Å². The highest BCUT2D eigenvalue weighted by molar-refractivity contribution is 7.99. The smallest absolute Gasteiger partial charge is 0.133 e. The van der Waals surface area contributed by atoms with Crippen LogP contribution in [0.5, 0.6) is 5.75 Å². The Bertz CT molecular complexity index is 475. The summed E-state index contributed by atoms with van der Waals surface area (Å²) in [7, 11) is 0. The average molecular weight is 276 g/mol. The lowest BCUT2D eigenvalue weighted by Gasteiger charge is -2.33. The van der Waals surface area contributed by atoms with Gasteiger partial charge in [-0.05, 0) is 37.8 Å². The van der Waals surface area contributed by atoms with E-state index in [-0.39, 0.29) is 12.1 Å². The van der Waals surface area contributed by atoms with E-state index in [1.54, 1.807) is 0 Å². The number of fused-ring (bicyclic) bond motifs is 1. The summed E-state index contributed by atoms with van der Waals surface area (Å²) in [6, 6.07) is 8.36. The first kappa shape index (κ1) is 13.0. The highest BCUT2D eigenvalue weighted by atomic mass is 32.2. The van der Waals surface area contributed by atoms with Gasteiger partial charge in [-0.2, -0.15) is 0 Å². The molecule has 3 rings (SSSR count). The predicted octanol–water partition coefficient (Wildman–Crippen LogP) is 2.87. The number of thioether (sulfide) groups is 1. The van der Waals surface area contributed by atoms with E-state index < -0.39 is 0 Å². The number of benzene rings is 1. The number of allylic oxidation sites excluding steroid dienone is 1. The first-order valence-corrected chi connectivity index (χ1v) is 7.90. The third-order valence-corrected chi connectivity index (χ3v) is 4.95. The lowest BCUT2D eigenvalue weighted by atomic mass is 9.91. The van der Waals surface area contributed by atoms with Crippen molar-refractivity contribution >= 4 is 11.8 Å². The zero-order chi connectivity index (χ0) is 13.1. The number of nitrogens with two attached hydrogens (primary N) is 1. The maximum Gasteiger partial charge on any atom is 0.133 e. The normalized spacial score (nSPS) is 24.1. The van der Waals surface area contributed by atoms with Crippen LogP contribution in [0.4, 0.5) is 0 Å². The van der Waals surface area contributed by atoms with Crippen molar-refractivity contribution in [3.8, 4) is 5.75 Å². The van der Waals surface area contributed by atoms with Crippen LogP contribution in [0.3, 0.4) is 0 Å². The van der Waals surface area contributed by atoms with Gasteiger partial charge in [-0.15, -0.1) is 11.8 Å². The molecule has 2 atom stereocenters. The van der Waals surface area contributed by atoms with E-state index >= 15 is 0 Å². The lowest BCUT2D eigenvalue weighted by Crippen LogP contribution is -2.50. The SMILES string of the molecule is NNC(C1=CCCCC1)C1CSc2ccccc2O1. The Morgan fingerprint density at radius 1 is 1.32 bits per heavy atom. The van der Waals surface area contributed by atoms with Crippen molar-refractivity contribution in [1.29, 1.82) is 0 Å². The van der Waals surface area contributed by atoms with Crippen molar-refractivity contribution in [3.63, 3.8) is 0 Å². The molecule has 102 valence electrons. The van der Waals surface area contributed by atoms with Gasteiger partial charge in [-0.25, -0.2) is 5.43 Å². The van der Waals surface area contributed by atoms with E-state index in [4.69, 9.17) is 10.6 Å². The van der Waals surface area contributed by atoms with E-state index in [2.05, 4.69) is 23.6 Å². The van der Waals surface area contributed by atoms with Gasteiger partial charge >= 0.3 is 0 Å². The van der Waals surface area contributed by atoms with Crippen LogP contribution >= 0.6 is 11.8 Å². The van der Waals surface area contributed by atoms with Gasteiger partial charge in [0.25, 0.3) is 0 Å². The van der Waals surface area contributed by atoms with Crippen molar-refractivity contribution in [2.75, 3.05) is 5.75 Å². The molecular formula is C15H20N2OS. The third-order valence-electron chi connectivity index (χ3n) is 3.81. The molecule has 2 unspecified atom stereocenters. The summed E-state index contributed by atoms with van der Waals surface area (Å²) in [5.74, 6) is 7.71. The monoisotopic (exact) mass is 276 g/mol. The number of para-hydroxylation sites is 1. The standard InChI is InChI=1S/C15H20N2OS/c16-17-15(11-6-2-1-3-7-11)13-10-19-14-9-5-4-8-12(14)18-13/h4-6,8-9,13,15,17H,1-3,7,10,16H2. The molecule has 0 bridgehead atoms. The molecule has 4 heteroatoms. The second-order valence-electron chi connectivity index (χ2n) is 5.08. The van der Waals surface area contributed by atoms with E-state index in [0.717, 1.165) is 17.9 Å². The van der Waals surface area contributed by atoms with Gasteiger partial charge in [0, 0.05) is 10.6 Å². The Morgan fingerprint density at radius 2 is 2.21 bits per heavy atom. The highest BCUT2D eigenvalue weighted by Crippen LogP contribution is 2.37. The minimum absolute atomic E-state index is 0.120. The van der Waals surface area contributed by atoms with Crippen molar-refractivity contribution in [2.45, 2.75) is 42.7 Å². The fraction of sp³-hybridized carbons (Fsp3) is 0.467. The van der Waals surface area contributed by atoms with Crippen LogP contribution in [0, 0.1) is 0 Å². The number of hydrogen-bond acceptors (Lipinski definition) is 4. The molecule has 1 aromatic rings. The maximum absolute atomic E-state index is 6.13. The van der Waals surface area contributed by atoms with Crippen molar-refractivity contribution in [1.82, 2.24) is 5.43 Å². The van der Waals surface area contributed by atoms with Crippen molar-refractivity contribution in [2.24, 2.45) is 5.84 Å². The Kier molecular flexibility index (Phi) is 4.11. The molecule has 3 N–H and O–H groups in total. The predicted molar refractivity (Wildman–Crippen MR) is 79.2 cm³/mol. The average Bonchev–Trinajstić information content (AvgIpc) is 2.49. The maximum atomic E-state index is 6.13. The fourth-order valence-electron chi connectivity index (χ4n) is 2.80. The van der Waals surface area contributed by atoms with Gasteiger partial charge in [-0.1, -0.05) is 23.8 Å². The molecule has 0 spiro atoms. The van der Waals surface area contributed by atoms with Gasteiger partial charge in [-0.3, -0.25) is 5.84 Å². The summed E-state index contributed by atoms with van der Waals surface area (Å²) >= 11 is 1.86. The van der Waals surface area contributed by atoms with Gasteiger partial charge in [0.2, 0.25) is 0 Å². The van der Waals surface area contributed by atoms with Crippen LogP contribution in [0.1, 0.15) is 25.7 Å². The minimum Gasteiger partial charge on any atom is -0.486 e. The number of rotatable bonds is 3. The molecule has 1 heterocycles. The Balaban J connectivity index is 1.77. The van der Waals surface area contributed by atoms with Crippen LogP contribution in [0.15, 0.2) is 40.8 Å². The molecule has 19 heavy (non-hydrogen) atoms. The fourth-order valence-corrected chi connectivity index (χ4v) is 3.84. The summed E-state index contributed by atoms with van der Waals surface area (Å²) < 4.78 is 6.13. The lowest BCUT2D eigenvalue weighted by molar-refractivity contribution is 0.178. The molecule has 1 aliphatic carbocycles. The molecule has 0 saturated heterocycles. The largest absolute Gasteiger partial charge is 0.486 e. The Hall–Kier alpha value is -0.970. The van der Waals surface area contributed by atoms with Crippen LogP contribution < -0.4 is 16.0 Å². The van der Waals surface area contributed by atoms with Gasteiger partial charge < -0.3 is 4.74 Å². The first-order chi connectivity index (χ1) is 9.38. The van der Waals surface area contributed by atoms with E-state index in [0.29, 0.717) is 0 Å². The summed E-state index contributed by atoms with van der Waals surface area (Å²) in [6.45, 7) is 0. The summed E-state index contributed by atoms with van der Waals surface area (Å²) in [5.41, 5.74) is 4.38. The zero-order valence-electron chi connectivity index (χ0n) is 11.0. The molecule has 0 amide bonds. The molecule has 0 fully saturated rings. The number of ether oxygens (including phenoxy) is 1. The second kappa shape index (κ2) is 5.99. The summed E-state index contributed by atoms with van der Waals surface area (Å²) in [6.07, 6.45) is 7.33. The Morgan fingerprint density at radius 3 is 3.00 bits per heavy atom. The van der Waals surface area contributed by atoms with Gasteiger partial charge in [0.15, 0.2) is 0 Å². The van der Waals surface area contributed by atoms with E-state index in [1.807, 2.05) is 23.9 Å². The number of hydrogen-bond donors (Lipinski definition) is 2. The molecule has 1 aromatic carbocycles. The number of nitrogens with one attached hydrogen (secondary N) is 1. The van der Waals surface area contributed by atoms with Crippen LogP contribution in [-0.2, 0) is 0 Å². The van der Waals surface area contributed by atoms with Crippen molar-refractivity contribution < 1.29 is 4.74 Å². The van der Waals surface area contributed by atoms with Crippen LogP contribution in [-0.4, -0.2) is 17.9 Å². The summed E-state index contributed by atoms with van der Waals surface area (Å²) in [4.78, 5) is 1.23. The van der Waals surface area contributed by atoms with Crippen LogP contribution in [0.25, 0.3) is 0 Å². The molecule has 2 aliphatic rings. The molecule has 0 radical (unpaired) electrons. The van der Waals surface area contributed by atoms with E-state index in [1.165, 1.54) is 29.7 Å². The van der Waals surface area contributed by atoms with Gasteiger partial charge in [0.1, 0.15) is 11.9 Å². The number of hydrazine groups is 1. The molecular weight excluding hydrogens is 256 g/mol.